The average molecular weight is 546 g/mol. The smallest absolute Gasteiger partial charge is 0.148 e. The normalized spacial score (nSPS) is 15.5. The topological polar surface area (TPSA) is 27.1 Å². The summed E-state index contributed by atoms with van der Waals surface area (Å²) in [5, 5.41) is 0.713. The Morgan fingerprint density at radius 3 is 2.61 bits per heavy atom. The van der Waals surface area contributed by atoms with Gasteiger partial charge in [0, 0.05) is 11.6 Å². The molecule has 4 aromatic rings. The van der Waals surface area contributed by atoms with Crippen molar-refractivity contribution in [1.29, 1.82) is 0 Å². The van der Waals surface area contributed by atoms with Crippen LogP contribution in [0.4, 0.5) is 0 Å². The molecule has 1 heterocycles. The van der Waals surface area contributed by atoms with Crippen molar-refractivity contribution in [2.24, 2.45) is 5.92 Å². The fourth-order valence-electron chi connectivity index (χ4n) is 5.43. The van der Waals surface area contributed by atoms with Crippen LogP contribution in [0.5, 0.6) is 5.75 Å². The lowest BCUT2D eigenvalue weighted by atomic mass is 9.78. The molecule has 5 rings (SSSR count). The first-order chi connectivity index (χ1) is 16.6. The molecule has 2 atom stereocenters. The number of imidazole rings is 1. The van der Waals surface area contributed by atoms with Gasteiger partial charge in [0.15, 0.2) is 0 Å². The van der Waals surface area contributed by atoms with Gasteiger partial charge in [-0.2, -0.15) is 0 Å². The van der Waals surface area contributed by atoms with Gasteiger partial charge in [-0.15, -0.1) is 24.8 Å². The maximum atomic E-state index is 6.08. The van der Waals surface area contributed by atoms with Crippen LogP contribution in [0.2, 0.25) is 5.02 Å². The summed E-state index contributed by atoms with van der Waals surface area (Å²) in [5.74, 6) is 3.12. The number of hydrogen-bond donors (Lipinski definition) is 0. The van der Waals surface area contributed by atoms with Gasteiger partial charge in [0.1, 0.15) is 18.2 Å². The summed E-state index contributed by atoms with van der Waals surface area (Å²) < 4.78 is 8.45. The number of fused-ring (bicyclic) bond motifs is 2. The molecule has 0 bridgehead atoms. The summed E-state index contributed by atoms with van der Waals surface area (Å²) in [7, 11) is 0. The zero-order valence-corrected chi connectivity index (χ0v) is 23.3. The molecule has 36 heavy (non-hydrogen) atoms. The maximum Gasteiger partial charge on any atom is 0.148 e. The van der Waals surface area contributed by atoms with Crippen LogP contribution in [0.15, 0.2) is 66.7 Å². The van der Waals surface area contributed by atoms with Crippen molar-refractivity contribution < 1.29 is 4.74 Å². The molecule has 0 saturated heterocycles. The van der Waals surface area contributed by atoms with E-state index in [1.165, 1.54) is 36.8 Å². The van der Waals surface area contributed by atoms with Gasteiger partial charge in [-0.1, -0.05) is 54.9 Å². The second kappa shape index (κ2) is 12.9. The fraction of sp³-hybridized carbons (Fsp3) is 0.367. The Hall–Kier alpha value is -2.20. The van der Waals surface area contributed by atoms with Gasteiger partial charge < -0.3 is 9.30 Å². The van der Waals surface area contributed by atoms with E-state index in [1.54, 1.807) is 11.1 Å². The number of halogens is 3. The largest absolute Gasteiger partial charge is 0.486 e. The molecule has 0 spiro atoms. The Kier molecular flexibility index (Phi) is 10.1. The number of rotatable bonds is 8. The summed E-state index contributed by atoms with van der Waals surface area (Å²) in [6, 6.07) is 23.0. The highest BCUT2D eigenvalue weighted by Crippen LogP contribution is 2.36. The average Bonchev–Trinajstić information content (AvgIpc) is 3.21. The van der Waals surface area contributed by atoms with E-state index in [4.69, 9.17) is 21.3 Å². The molecule has 0 N–H and O–H groups in total. The molecule has 0 radical (unpaired) electrons. The standard InChI is InChI=1S/C30H33ClN2O.2ClH/c1-21(19-24-10-6-9-23-8-3-4-11-27(23)24)17-18-33-28-12-5-7-22(2)30(28)32-29(33)20-34-26-15-13-25(31)14-16-26;;/h3-5,7-8,11-16,21,24H,6,9-10,17-20H2,1-2H3;2*1H. The lowest BCUT2D eigenvalue weighted by molar-refractivity contribution is 0.287. The number of ether oxygens (including phenoxy) is 1. The molecular formula is C30H35Cl3N2O. The van der Waals surface area contributed by atoms with E-state index < -0.39 is 0 Å². The zero-order chi connectivity index (χ0) is 23.5. The lowest BCUT2D eigenvalue weighted by Gasteiger charge is -2.28. The molecule has 2 unspecified atom stereocenters. The number of aromatic nitrogens is 2. The van der Waals surface area contributed by atoms with E-state index in [2.05, 4.69) is 60.9 Å². The molecule has 6 heteroatoms. The van der Waals surface area contributed by atoms with E-state index in [0.717, 1.165) is 30.1 Å². The lowest BCUT2D eigenvalue weighted by Crippen LogP contribution is -2.15. The van der Waals surface area contributed by atoms with E-state index in [9.17, 15) is 0 Å². The summed E-state index contributed by atoms with van der Waals surface area (Å²) in [6.07, 6.45) is 6.24. The van der Waals surface area contributed by atoms with Crippen LogP contribution in [0.1, 0.15) is 61.0 Å². The van der Waals surface area contributed by atoms with Crippen molar-refractivity contribution >= 4 is 47.4 Å². The number of hydrogen-bond acceptors (Lipinski definition) is 2. The van der Waals surface area contributed by atoms with E-state index in [0.29, 0.717) is 23.5 Å². The first-order valence-corrected chi connectivity index (χ1v) is 12.9. The van der Waals surface area contributed by atoms with Crippen molar-refractivity contribution in [2.45, 2.75) is 65.0 Å². The molecule has 192 valence electrons. The zero-order valence-electron chi connectivity index (χ0n) is 21.0. The molecular weight excluding hydrogens is 511 g/mol. The number of para-hydroxylation sites is 1. The van der Waals surface area contributed by atoms with Gasteiger partial charge >= 0.3 is 0 Å². The van der Waals surface area contributed by atoms with Crippen LogP contribution in [0, 0.1) is 12.8 Å². The van der Waals surface area contributed by atoms with E-state index >= 15 is 0 Å². The van der Waals surface area contributed by atoms with Gasteiger partial charge in [0.2, 0.25) is 0 Å². The van der Waals surface area contributed by atoms with Gasteiger partial charge in [0.25, 0.3) is 0 Å². The molecule has 0 amide bonds. The molecule has 1 aliphatic carbocycles. The molecule has 0 aliphatic heterocycles. The summed E-state index contributed by atoms with van der Waals surface area (Å²) in [5.41, 5.74) is 6.62. The fourth-order valence-corrected chi connectivity index (χ4v) is 5.55. The highest BCUT2D eigenvalue weighted by molar-refractivity contribution is 6.30. The number of nitrogens with zero attached hydrogens (tertiary/aromatic N) is 2. The summed E-state index contributed by atoms with van der Waals surface area (Å²) in [4.78, 5) is 4.98. The Labute approximate surface area is 232 Å². The monoisotopic (exact) mass is 544 g/mol. The SMILES string of the molecule is Cc1cccc2c1nc(COc1ccc(Cl)cc1)n2CCC(C)CC1CCCc2ccccc21.Cl.Cl. The second-order valence-corrected chi connectivity index (χ2v) is 10.2. The maximum absolute atomic E-state index is 6.08. The quantitative estimate of drug-likeness (QED) is 0.221. The van der Waals surface area contributed by atoms with E-state index in [-0.39, 0.29) is 24.8 Å². The Morgan fingerprint density at radius 2 is 1.81 bits per heavy atom. The van der Waals surface area contributed by atoms with Crippen LogP contribution in [0.25, 0.3) is 11.0 Å². The first kappa shape index (κ1) is 28.4. The molecule has 1 aliphatic rings. The van der Waals surface area contributed by atoms with E-state index in [1.807, 2.05) is 24.3 Å². The second-order valence-electron chi connectivity index (χ2n) is 9.78. The minimum atomic E-state index is 0. The van der Waals surface area contributed by atoms with Crippen molar-refractivity contribution in [3.8, 4) is 5.75 Å². The molecule has 0 saturated carbocycles. The summed E-state index contributed by atoms with van der Waals surface area (Å²) in [6.45, 7) is 5.94. The predicted molar refractivity (Wildman–Crippen MR) is 155 cm³/mol. The molecule has 3 aromatic carbocycles. The van der Waals surface area contributed by atoms with Gasteiger partial charge in [-0.3, -0.25) is 0 Å². The number of aryl methyl sites for hydroxylation is 3. The third-order valence-corrected chi connectivity index (χ3v) is 7.52. The minimum absolute atomic E-state index is 0. The third kappa shape index (κ3) is 6.37. The number of benzene rings is 3. The van der Waals surface area contributed by atoms with Crippen LogP contribution < -0.4 is 4.74 Å². The summed E-state index contributed by atoms with van der Waals surface area (Å²) >= 11 is 6.02. The first-order valence-electron chi connectivity index (χ1n) is 12.5. The van der Waals surface area contributed by atoms with Crippen molar-refractivity contribution in [3.63, 3.8) is 0 Å². The minimum Gasteiger partial charge on any atom is -0.486 e. The van der Waals surface area contributed by atoms with Crippen LogP contribution in [-0.2, 0) is 19.6 Å². The Bertz CT molecular complexity index is 1270. The highest BCUT2D eigenvalue weighted by atomic mass is 35.5. The Balaban J connectivity index is 0.00000180. The van der Waals surface area contributed by atoms with Gasteiger partial charge in [0.05, 0.1) is 11.0 Å². The highest BCUT2D eigenvalue weighted by Gasteiger charge is 2.22. The van der Waals surface area contributed by atoms with Crippen molar-refractivity contribution in [1.82, 2.24) is 9.55 Å². The molecule has 3 nitrogen and oxygen atoms in total. The van der Waals surface area contributed by atoms with Gasteiger partial charge in [-0.05, 0) is 97.9 Å². The van der Waals surface area contributed by atoms with Crippen molar-refractivity contribution in [2.75, 3.05) is 0 Å². The Morgan fingerprint density at radius 1 is 1.03 bits per heavy atom. The van der Waals surface area contributed by atoms with Crippen LogP contribution in [0.3, 0.4) is 0 Å². The van der Waals surface area contributed by atoms with Gasteiger partial charge in [-0.25, -0.2) is 4.98 Å². The van der Waals surface area contributed by atoms with Crippen LogP contribution >= 0.6 is 36.4 Å². The molecule has 0 fully saturated rings. The third-order valence-electron chi connectivity index (χ3n) is 7.27. The van der Waals surface area contributed by atoms with Crippen molar-refractivity contribution in [3.05, 3.63) is 94.3 Å². The molecule has 1 aromatic heterocycles. The predicted octanol–water partition coefficient (Wildman–Crippen LogP) is 8.96. The van der Waals surface area contributed by atoms with Crippen LogP contribution in [-0.4, -0.2) is 9.55 Å².